The van der Waals surface area contributed by atoms with E-state index in [0.717, 1.165) is 36.9 Å². The van der Waals surface area contributed by atoms with E-state index < -0.39 is 0 Å². The summed E-state index contributed by atoms with van der Waals surface area (Å²) in [4.78, 5) is 13.2. The van der Waals surface area contributed by atoms with Crippen molar-refractivity contribution in [2.75, 3.05) is 41.7 Å². The number of benzene rings is 2. The molecule has 156 valence electrons. The lowest BCUT2D eigenvalue weighted by atomic mass is 10.0. The second kappa shape index (κ2) is 8.79. The quantitative estimate of drug-likeness (QED) is 0.625. The Balaban J connectivity index is 1.45. The van der Waals surface area contributed by atoms with Crippen LogP contribution in [0.25, 0.3) is 0 Å². The molecule has 0 radical (unpaired) electrons. The molecule has 30 heavy (non-hydrogen) atoms. The zero-order valence-corrected chi connectivity index (χ0v) is 18.0. The standard InChI is InChI=1S/C23H26ClN5O/c1-16(2)17-6-8-20(9-7-17)30-23-21(25)22(26-15-27-23)29-12-10-28(11-13-29)19-5-3-4-18(24)14-19/h3-9,14-16H,10-13,25H2,1-2H3. The van der Waals surface area contributed by atoms with E-state index in [9.17, 15) is 0 Å². The average Bonchev–Trinajstić information content (AvgIpc) is 2.76. The van der Waals surface area contributed by atoms with E-state index in [0.29, 0.717) is 29.1 Å². The summed E-state index contributed by atoms with van der Waals surface area (Å²) < 4.78 is 5.95. The molecule has 0 spiro atoms. The Morgan fingerprint density at radius 3 is 2.33 bits per heavy atom. The minimum Gasteiger partial charge on any atom is -0.437 e. The first-order chi connectivity index (χ1) is 14.5. The van der Waals surface area contributed by atoms with Gasteiger partial charge in [0.1, 0.15) is 17.8 Å². The van der Waals surface area contributed by atoms with Crippen molar-refractivity contribution < 1.29 is 4.74 Å². The van der Waals surface area contributed by atoms with Gasteiger partial charge in [0.05, 0.1) is 0 Å². The zero-order chi connectivity index (χ0) is 21.1. The molecule has 1 fully saturated rings. The third-order valence-corrected chi connectivity index (χ3v) is 5.58. The number of hydrogen-bond acceptors (Lipinski definition) is 6. The Bertz CT molecular complexity index is 1000. The van der Waals surface area contributed by atoms with Crippen LogP contribution in [0.4, 0.5) is 17.2 Å². The van der Waals surface area contributed by atoms with Gasteiger partial charge in [-0.3, -0.25) is 0 Å². The van der Waals surface area contributed by atoms with Gasteiger partial charge in [0.25, 0.3) is 0 Å². The summed E-state index contributed by atoms with van der Waals surface area (Å²) >= 11 is 6.13. The summed E-state index contributed by atoms with van der Waals surface area (Å²) in [6.07, 6.45) is 1.51. The molecule has 0 saturated carbocycles. The van der Waals surface area contributed by atoms with Gasteiger partial charge in [-0.1, -0.05) is 43.6 Å². The third-order valence-electron chi connectivity index (χ3n) is 5.34. The third kappa shape index (κ3) is 4.44. The highest BCUT2D eigenvalue weighted by molar-refractivity contribution is 6.30. The minimum atomic E-state index is 0.384. The molecule has 2 N–H and O–H groups in total. The molecular weight excluding hydrogens is 398 g/mol. The number of halogens is 1. The number of piperazine rings is 1. The van der Waals surface area contributed by atoms with Crippen LogP contribution in [0.2, 0.25) is 5.02 Å². The van der Waals surface area contributed by atoms with E-state index in [1.165, 1.54) is 11.9 Å². The predicted octanol–water partition coefficient (Wildman–Crippen LogP) is 4.95. The fourth-order valence-corrected chi connectivity index (χ4v) is 3.77. The van der Waals surface area contributed by atoms with E-state index in [-0.39, 0.29) is 0 Å². The van der Waals surface area contributed by atoms with Gasteiger partial charge in [-0.05, 0) is 41.8 Å². The van der Waals surface area contributed by atoms with Crippen molar-refractivity contribution in [3.8, 4) is 11.6 Å². The summed E-state index contributed by atoms with van der Waals surface area (Å²) in [6, 6.07) is 16.0. The van der Waals surface area contributed by atoms with Gasteiger partial charge in [-0.25, -0.2) is 4.98 Å². The number of nitrogens with zero attached hydrogens (tertiary/aromatic N) is 4. The second-order valence-electron chi connectivity index (χ2n) is 7.70. The molecule has 0 amide bonds. The molecule has 2 aromatic carbocycles. The van der Waals surface area contributed by atoms with Gasteiger partial charge < -0.3 is 20.3 Å². The van der Waals surface area contributed by atoms with Crippen molar-refractivity contribution in [2.45, 2.75) is 19.8 Å². The van der Waals surface area contributed by atoms with Gasteiger partial charge in [0.15, 0.2) is 5.82 Å². The van der Waals surface area contributed by atoms with Crippen LogP contribution in [0, 0.1) is 0 Å². The lowest BCUT2D eigenvalue weighted by molar-refractivity contribution is 0.463. The number of aromatic nitrogens is 2. The van der Waals surface area contributed by atoms with Gasteiger partial charge >= 0.3 is 0 Å². The van der Waals surface area contributed by atoms with Gasteiger partial charge in [0.2, 0.25) is 5.88 Å². The maximum atomic E-state index is 6.38. The first-order valence-corrected chi connectivity index (χ1v) is 10.5. The van der Waals surface area contributed by atoms with Crippen LogP contribution < -0.4 is 20.3 Å². The number of anilines is 3. The number of hydrogen-bond donors (Lipinski definition) is 1. The van der Waals surface area contributed by atoms with Crippen LogP contribution in [0.15, 0.2) is 54.9 Å². The highest BCUT2D eigenvalue weighted by Crippen LogP contribution is 2.33. The Kier molecular flexibility index (Phi) is 5.95. The van der Waals surface area contributed by atoms with E-state index in [1.54, 1.807) is 0 Å². The van der Waals surface area contributed by atoms with E-state index in [1.807, 2.05) is 30.3 Å². The van der Waals surface area contributed by atoms with Crippen LogP contribution in [-0.2, 0) is 0 Å². The highest BCUT2D eigenvalue weighted by Gasteiger charge is 2.22. The lowest BCUT2D eigenvalue weighted by Crippen LogP contribution is -2.47. The van der Waals surface area contributed by atoms with Crippen molar-refractivity contribution >= 4 is 28.8 Å². The molecule has 1 saturated heterocycles. The molecule has 2 heterocycles. The first-order valence-electron chi connectivity index (χ1n) is 10.1. The van der Waals surface area contributed by atoms with Crippen LogP contribution in [0.3, 0.4) is 0 Å². The number of nitrogen functional groups attached to an aromatic ring is 1. The smallest absolute Gasteiger partial charge is 0.248 e. The molecule has 1 aliphatic heterocycles. The van der Waals surface area contributed by atoms with Crippen molar-refractivity contribution in [1.29, 1.82) is 0 Å². The number of ether oxygens (including phenoxy) is 1. The zero-order valence-electron chi connectivity index (χ0n) is 17.3. The SMILES string of the molecule is CC(C)c1ccc(Oc2ncnc(N3CCN(c4cccc(Cl)c4)CC3)c2N)cc1. The molecule has 0 aliphatic carbocycles. The molecule has 0 atom stereocenters. The average molecular weight is 424 g/mol. The normalized spacial score (nSPS) is 14.3. The Morgan fingerprint density at radius 1 is 0.967 bits per heavy atom. The van der Waals surface area contributed by atoms with Crippen LogP contribution in [0.5, 0.6) is 11.6 Å². The molecule has 1 aromatic heterocycles. The molecule has 1 aliphatic rings. The molecule has 0 unspecified atom stereocenters. The van der Waals surface area contributed by atoms with Crippen LogP contribution in [-0.4, -0.2) is 36.1 Å². The van der Waals surface area contributed by atoms with Gasteiger partial charge in [0, 0.05) is 36.9 Å². The lowest BCUT2D eigenvalue weighted by Gasteiger charge is -2.37. The fourth-order valence-electron chi connectivity index (χ4n) is 3.59. The molecule has 3 aromatic rings. The second-order valence-corrected chi connectivity index (χ2v) is 8.13. The number of nitrogens with two attached hydrogens (primary N) is 1. The van der Waals surface area contributed by atoms with E-state index in [4.69, 9.17) is 22.1 Å². The molecule has 6 nitrogen and oxygen atoms in total. The van der Waals surface area contributed by atoms with Crippen LogP contribution in [0.1, 0.15) is 25.3 Å². The summed E-state index contributed by atoms with van der Waals surface area (Å²) in [7, 11) is 0. The van der Waals surface area contributed by atoms with Crippen molar-refractivity contribution in [3.05, 3.63) is 65.4 Å². The first kappa shape index (κ1) is 20.3. The maximum absolute atomic E-state index is 6.38. The van der Waals surface area contributed by atoms with Gasteiger partial charge in [-0.15, -0.1) is 0 Å². The summed E-state index contributed by atoms with van der Waals surface area (Å²) in [6.45, 7) is 7.65. The maximum Gasteiger partial charge on any atom is 0.248 e. The summed E-state index contributed by atoms with van der Waals surface area (Å²) in [5, 5.41) is 0.748. The summed E-state index contributed by atoms with van der Waals surface area (Å²) in [5.74, 6) is 2.28. The van der Waals surface area contributed by atoms with Crippen molar-refractivity contribution in [2.24, 2.45) is 0 Å². The highest BCUT2D eigenvalue weighted by atomic mass is 35.5. The predicted molar refractivity (Wildman–Crippen MR) is 123 cm³/mol. The Labute approximate surface area is 182 Å². The minimum absolute atomic E-state index is 0.384. The molecule has 0 bridgehead atoms. The number of rotatable bonds is 5. The Morgan fingerprint density at radius 2 is 1.67 bits per heavy atom. The molecule has 7 heteroatoms. The largest absolute Gasteiger partial charge is 0.437 e. The monoisotopic (exact) mass is 423 g/mol. The topological polar surface area (TPSA) is 67.5 Å². The Hall–Kier alpha value is -2.99. The van der Waals surface area contributed by atoms with Crippen molar-refractivity contribution in [1.82, 2.24) is 9.97 Å². The fraction of sp³-hybridized carbons (Fsp3) is 0.304. The molecule has 4 rings (SSSR count). The van der Waals surface area contributed by atoms with Crippen LogP contribution >= 0.6 is 11.6 Å². The summed E-state index contributed by atoms with van der Waals surface area (Å²) in [5.41, 5.74) is 9.23. The molecular formula is C23H26ClN5O. The van der Waals surface area contributed by atoms with Crippen molar-refractivity contribution in [3.63, 3.8) is 0 Å². The van der Waals surface area contributed by atoms with Gasteiger partial charge in [-0.2, -0.15) is 4.98 Å². The van der Waals surface area contributed by atoms with E-state index in [2.05, 4.69) is 51.8 Å². The van der Waals surface area contributed by atoms with E-state index >= 15 is 0 Å².